The molecule has 18 heavy (non-hydrogen) atoms. The lowest BCUT2D eigenvalue weighted by Crippen LogP contribution is -2.33. The van der Waals surface area contributed by atoms with Crippen molar-refractivity contribution in [3.05, 3.63) is 0 Å². The van der Waals surface area contributed by atoms with Crippen LogP contribution < -0.4 is 5.32 Å². The van der Waals surface area contributed by atoms with Crippen molar-refractivity contribution in [1.82, 2.24) is 5.32 Å². The fourth-order valence-corrected chi connectivity index (χ4v) is 3.54. The predicted octanol–water partition coefficient (Wildman–Crippen LogP) is 2.74. The summed E-state index contributed by atoms with van der Waals surface area (Å²) in [6, 6.07) is 0. The Hall–Kier alpha value is -0.570. The highest BCUT2D eigenvalue weighted by Crippen LogP contribution is 2.30. The van der Waals surface area contributed by atoms with Gasteiger partial charge in [0, 0.05) is 6.42 Å². The lowest BCUT2D eigenvalue weighted by molar-refractivity contribution is -0.153. The summed E-state index contributed by atoms with van der Waals surface area (Å²) < 4.78 is 5.67. The molecule has 1 heterocycles. The molecule has 3 nitrogen and oxygen atoms in total. The van der Waals surface area contributed by atoms with E-state index in [0.717, 1.165) is 25.9 Å². The largest absolute Gasteiger partial charge is 0.462 e. The van der Waals surface area contributed by atoms with Gasteiger partial charge in [0.1, 0.15) is 6.10 Å². The number of ether oxygens (including phenoxy) is 1. The highest BCUT2D eigenvalue weighted by atomic mass is 16.5. The second-order valence-electron chi connectivity index (χ2n) is 6.45. The van der Waals surface area contributed by atoms with E-state index in [1.54, 1.807) is 0 Å². The number of esters is 1. The normalized spacial score (nSPS) is 37.2. The van der Waals surface area contributed by atoms with E-state index in [0.29, 0.717) is 24.2 Å². The molecule has 0 aromatic carbocycles. The molecule has 0 bridgehead atoms. The Morgan fingerprint density at radius 3 is 2.56 bits per heavy atom. The summed E-state index contributed by atoms with van der Waals surface area (Å²) in [6.45, 7) is 6.61. The second-order valence-corrected chi connectivity index (χ2v) is 6.45. The Morgan fingerprint density at radius 2 is 1.94 bits per heavy atom. The maximum absolute atomic E-state index is 11.9. The van der Waals surface area contributed by atoms with Crippen LogP contribution in [-0.2, 0) is 9.53 Å². The first-order valence-corrected chi connectivity index (χ1v) is 7.53. The topological polar surface area (TPSA) is 38.3 Å². The molecule has 104 valence electrons. The standard InChI is InChI=1S/C15H27NO2/c1-11-6-12(2)8-14(7-11)18-15(17)9-13-4-3-5-16-10-13/h11-14,16H,3-10H2,1-2H3. The molecular formula is C15H27NO2. The van der Waals surface area contributed by atoms with Gasteiger partial charge in [0.2, 0.25) is 0 Å². The molecule has 0 spiro atoms. The molecule has 1 saturated carbocycles. The molecule has 2 fully saturated rings. The zero-order chi connectivity index (χ0) is 13.0. The molecule has 2 aliphatic rings. The molecule has 0 aromatic rings. The second kappa shape index (κ2) is 6.55. The predicted molar refractivity (Wildman–Crippen MR) is 72.3 cm³/mol. The van der Waals surface area contributed by atoms with Gasteiger partial charge in [-0.1, -0.05) is 13.8 Å². The lowest BCUT2D eigenvalue weighted by atomic mass is 9.82. The van der Waals surface area contributed by atoms with Crippen molar-refractivity contribution in [1.29, 1.82) is 0 Å². The maximum atomic E-state index is 11.9. The maximum Gasteiger partial charge on any atom is 0.306 e. The Morgan fingerprint density at radius 1 is 1.22 bits per heavy atom. The fourth-order valence-electron chi connectivity index (χ4n) is 3.54. The van der Waals surface area contributed by atoms with Crippen molar-refractivity contribution in [2.45, 2.75) is 58.5 Å². The Kier molecular flexibility index (Phi) is 5.04. The molecule has 3 unspecified atom stereocenters. The first-order chi connectivity index (χ1) is 8.63. The van der Waals surface area contributed by atoms with Gasteiger partial charge in [-0.2, -0.15) is 0 Å². The molecule has 2 rings (SSSR count). The van der Waals surface area contributed by atoms with Crippen LogP contribution in [0.15, 0.2) is 0 Å². The van der Waals surface area contributed by atoms with Gasteiger partial charge in [-0.05, 0) is 62.9 Å². The first-order valence-electron chi connectivity index (χ1n) is 7.53. The van der Waals surface area contributed by atoms with Gasteiger partial charge in [0.05, 0.1) is 0 Å². The molecule has 0 aromatic heterocycles. The molecule has 1 aliphatic carbocycles. The number of piperidine rings is 1. The minimum absolute atomic E-state index is 0.0231. The lowest BCUT2D eigenvalue weighted by Gasteiger charge is -2.31. The number of rotatable bonds is 3. The van der Waals surface area contributed by atoms with Crippen LogP contribution in [-0.4, -0.2) is 25.2 Å². The van der Waals surface area contributed by atoms with E-state index in [2.05, 4.69) is 19.2 Å². The number of carbonyl (C=O) groups excluding carboxylic acids is 1. The summed E-state index contributed by atoms with van der Waals surface area (Å²) in [5.41, 5.74) is 0. The molecular weight excluding hydrogens is 226 g/mol. The number of hydrogen-bond donors (Lipinski definition) is 1. The zero-order valence-electron chi connectivity index (χ0n) is 11.8. The van der Waals surface area contributed by atoms with Crippen molar-refractivity contribution in [3.63, 3.8) is 0 Å². The van der Waals surface area contributed by atoms with Gasteiger partial charge < -0.3 is 10.1 Å². The van der Waals surface area contributed by atoms with Crippen LogP contribution >= 0.6 is 0 Å². The molecule has 1 N–H and O–H groups in total. The number of nitrogens with one attached hydrogen (secondary N) is 1. The SMILES string of the molecule is CC1CC(C)CC(OC(=O)CC2CCCNC2)C1. The third-order valence-corrected chi connectivity index (χ3v) is 4.29. The van der Waals surface area contributed by atoms with Crippen LogP contribution in [0.2, 0.25) is 0 Å². The third kappa shape index (κ3) is 4.27. The number of hydrogen-bond acceptors (Lipinski definition) is 3. The van der Waals surface area contributed by atoms with E-state index >= 15 is 0 Å². The quantitative estimate of drug-likeness (QED) is 0.786. The van der Waals surface area contributed by atoms with Gasteiger partial charge in [-0.3, -0.25) is 4.79 Å². The average molecular weight is 253 g/mol. The summed E-state index contributed by atoms with van der Waals surface area (Å²) >= 11 is 0. The van der Waals surface area contributed by atoms with Crippen LogP contribution in [0, 0.1) is 17.8 Å². The summed E-state index contributed by atoms with van der Waals surface area (Å²) in [5, 5.41) is 3.35. The van der Waals surface area contributed by atoms with Crippen LogP contribution in [0.1, 0.15) is 52.4 Å². The molecule has 1 aliphatic heterocycles. The highest BCUT2D eigenvalue weighted by Gasteiger charge is 2.27. The molecule has 1 saturated heterocycles. The fraction of sp³-hybridized carbons (Fsp3) is 0.933. The smallest absolute Gasteiger partial charge is 0.306 e. The van der Waals surface area contributed by atoms with Gasteiger partial charge in [-0.25, -0.2) is 0 Å². The first kappa shape index (κ1) is 13.9. The van der Waals surface area contributed by atoms with Crippen LogP contribution in [0.3, 0.4) is 0 Å². The zero-order valence-corrected chi connectivity index (χ0v) is 11.8. The van der Waals surface area contributed by atoms with Gasteiger partial charge in [-0.15, -0.1) is 0 Å². The number of carbonyl (C=O) groups is 1. The summed E-state index contributed by atoms with van der Waals surface area (Å²) in [6.07, 6.45) is 6.52. The Labute approximate surface area is 111 Å². The van der Waals surface area contributed by atoms with Gasteiger partial charge in [0.25, 0.3) is 0 Å². The Balaban J connectivity index is 1.72. The van der Waals surface area contributed by atoms with Crippen LogP contribution in [0.4, 0.5) is 0 Å². The van der Waals surface area contributed by atoms with Crippen molar-refractivity contribution >= 4 is 5.97 Å². The summed E-state index contributed by atoms with van der Waals surface area (Å²) in [5.74, 6) is 1.91. The monoisotopic (exact) mass is 253 g/mol. The van der Waals surface area contributed by atoms with Crippen molar-refractivity contribution in [2.24, 2.45) is 17.8 Å². The van der Waals surface area contributed by atoms with Gasteiger partial charge in [0.15, 0.2) is 0 Å². The van der Waals surface area contributed by atoms with Crippen LogP contribution in [0.5, 0.6) is 0 Å². The molecule has 0 amide bonds. The highest BCUT2D eigenvalue weighted by molar-refractivity contribution is 5.70. The van der Waals surface area contributed by atoms with E-state index in [4.69, 9.17) is 4.74 Å². The Bertz CT molecular complexity index is 264. The van der Waals surface area contributed by atoms with E-state index in [9.17, 15) is 4.79 Å². The van der Waals surface area contributed by atoms with E-state index in [-0.39, 0.29) is 12.1 Å². The van der Waals surface area contributed by atoms with Crippen molar-refractivity contribution < 1.29 is 9.53 Å². The van der Waals surface area contributed by atoms with E-state index in [1.165, 1.54) is 19.3 Å². The molecule has 0 radical (unpaired) electrons. The average Bonchev–Trinajstić information content (AvgIpc) is 2.28. The summed E-state index contributed by atoms with van der Waals surface area (Å²) in [4.78, 5) is 11.9. The van der Waals surface area contributed by atoms with E-state index in [1.807, 2.05) is 0 Å². The van der Waals surface area contributed by atoms with Crippen molar-refractivity contribution in [3.8, 4) is 0 Å². The van der Waals surface area contributed by atoms with Gasteiger partial charge >= 0.3 is 5.97 Å². The summed E-state index contributed by atoms with van der Waals surface area (Å²) in [7, 11) is 0. The van der Waals surface area contributed by atoms with E-state index < -0.39 is 0 Å². The molecule has 3 heteroatoms. The van der Waals surface area contributed by atoms with Crippen LogP contribution in [0.25, 0.3) is 0 Å². The van der Waals surface area contributed by atoms with Crippen molar-refractivity contribution in [2.75, 3.05) is 13.1 Å². The third-order valence-electron chi connectivity index (χ3n) is 4.29. The minimum Gasteiger partial charge on any atom is -0.462 e. The minimum atomic E-state index is 0.0231. The molecule has 3 atom stereocenters.